The van der Waals surface area contributed by atoms with Crippen molar-refractivity contribution in [3.05, 3.63) is 78.0 Å². The van der Waals surface area contributed by atoms with Crippen LogP contribution in [0.15, 0.2) is 66.9 Å². The Balaban J connectivity index is 1.53. The van der Waals surface area contributed by atoms with Crippen LogP contribution in [0.1, 0.15) is 17.5 Å². The number of nitrogens with zero attached hydrogens (tertiary/aromatic N) is 3. The fraction of sp³-hybridized carbons (Fsp3) is 0.150. The number of aryl methyl sites for hydroxylation is 1. The largest absolute Gasteiger partial charge is 0.354 e. The van der Waals surface area contributed by atoms with Crippen molar-refractivity contribution in [1.29, 1.82) is 5.26 Å². The predicted octanol–water partition coefficient (Wildman–Crippen LogP) is 4.14. The Morgan fingerprint density at radius 2 is 1.88 bits per heavy atom. The minimum absolute atomic E-state index is 0.592. The molecule has 0 aliphatic rings. The lowest BCUT2D eigenvalue weighted by Gasteiger charge is -2.08. The van der Waals surface area contributed by atoms with Crippen LogP contribution in [0.3, 0.4) is 0 Å². The number of benzene rings is 2. The molecule has 124 valence electrons. The van der Waals surface area contributed by atoms with Crippen LogP contribution in [0.4, 0.5) is 17.5 Å². The normalized spacial score (nSPS) is 10.0. The van der Waals surface area contributed by atoms with Gasteiger partial charge in [0.05, 0.1) is 11.6 Å². The van der Waals surface area contributed by atoms with Gasteiger partial charge in [0.15, 0.2) is 0 Å². The minimum Gasteiger partial charge on any atom is -0.354 e. The molecule has 0 fully saturated rings. The molecule has 5 heteroatoms. The van der Waals surface area contributed by atoms with Crippen molar-refractivity contribution >= 4 is 17.5 Å². The molecule has 0 spiro atoms. The molecule has 25 heavy (non-hydrogen) atoms. The molecule has 0 aliphatic carbocycles. The Bertz CT molecular complexity index is 855. The average Bonchev–Trinajstić information content (AvgIpc) is 2.67. The van der Waals surface area contributed by atoms with Gasteiger partial charge in [-0.2, -0.15) is 10.2 Å². The summed E-state index contributed by atoms with van der Waals surface area (Å²) in [5, 5.41) is 15.4. The van der Waals surface area contributed by atoms with Gasteiger partial charge in [0, 0.05) is 18.4 Å². The van der Waals surface area contributed by atoms with Gasteiger partial charge < -0.3 is 10.6 Å². The molecule has 1 aromatic heterocycles. The molecule has 0 saturated carbocycles. The molecule has 0 atom stereocenters. The lowest BCUT2D eigenvalue weighted by atomic mass is 10.1. The van der Waals surface area contributed by atoms with Crippen LogP contribution in [-0.2, 0) is 6.42 Å². The zero-order valence-electron chi connectivity index (χ0n) is 13.8. The van der Waals surface area contributed by atoms with E-state index in [9.17, 15) is 0 Å². The summed E-state index contributed by atoms with van der Waals surface area (Å²) in [5.41, 5.74) is 2.77. The van der Waals surface area contributed by atoms with Gasteiger partial charge in [0.2, 0.25) is 5.95 Å². The molecule has 3 aromatic rings. The van der Waals surface area contributed by atoms with E-state index in [1.807, 2.05) is 18.2 Å². The number of hydrogen-bond acceptors (Lipinski definition) is 5. The molecule has 2 aromatic carbocycles. The Morgan fingerprint density at radius 3 is 2.72 bits per heavy atom. The third-order valence-electron chi connectivity index (χ3n) is 3.69. The second-order valence-electron chi connectivity index (χ2n) is 5.60. The Morgan fingerprint density at radius 1 is 1.00 bits per heavy atom. The molecule has 0 bridgehead atoms. The highest BCUT2D eigenvalue weighted by molar-refractivity contribution is 5.59. The van der Waals surface area contributed by atoms with Gasteiger partial charge in [-0.3, -0.25) is 0 Å². The minimum atomic E-state index is 0.592. The van der Waals surface area contributed by atoms with E-state index in [4.69, 9.17) is 5.26 Å². The number of anilines is 3. The highest BCUT2D eigenvalue weighted by Gasteiger charge is 2.01. The molecule has 5 nitrogen and oxygen atoms in total. The first-order valence-corrected chi connectivity index (χ1v) is 8.21. The van der Waals surface area contributed by atoms with Gasteiger partial charge in [-0.25, -0.2) is 4.98 Å². The van der Waals surface area contributed by atoms with Crippen molar-refractivity contribution < 1.29 is 0 Å². The van der Waals surface area contributed by atoms with E-state index < -0.39 is 0 Å². The topological polar surface area (TPSA) is 73.6 Å². The van der Waals surface area contributed by atoms with E-state index in [2.05, 4.69) is 50.9 Å². The van der Waals surface area contributed by atoms with Crippen molar-refractivity contribution in [3.63, 3.8) is 0 Å². The Labute approximate surface area is 147 Å². The molecule has 1 heterocycles. The SMILES string of the molecule is N#Cc1cccc(Nc2ccnc(NCCCc3ccccc3)n2)c1. The summed E-state index contributed by atoms with van der Waals surface area (Å²) in [4.78, 5) is 8.70. The van der Waals surface area contributed by atoms with Crippen molar-refractivity contribution in [2.45, 2.75) is 12.8 Å². The van der Waals surface area contributed by atoms with Crippen LogP contribution >= 0.6 is 0 Å². The molecule has 0 unspecified atom stereocenters. The summed E-state index contributed by atoms with van der Waals surface area (Å²) in [6.45, 7) is 0.808. The summed E-state index contributed by atoms with van der Waals surface area (Å²) < 4.78 is 0. The highest BCUT2D eigenvalue weighted by Crippen LogP contribution is 2.16. The maximum Gasteiger partial charge on any atom is 0.224 e. The summed E-state index contributed by atoms with van der Waals surface area (Å²) in [6, 6.07) is 21.6. The zero-order chi connectivity index (χ0) is 17.3. The first-order chi connectivity index (χ1) is 12.3. The molecule has 0 saturated heterocycles. The van der Waals surface area contributed by atoms with Gasteiger partial charge in [-0.15, -0.1) is 0 Å². The molecule has 0 radical (unpaired) electrons. The number of aromatic nitrogens is 2. The van der Waals surface area contributed by atoms with Crippen LogP contribution in [-0.4, -0.2) is 16.5 Å². The van der Waals surface area contributed by atoms with Gasteiger partial charge >= 0.3 is 0 Å². The van der Waals surface area contributed by atoms with Crippen LogP contribution in [0, 0.1) is 11.3 Å². The number of hydrogen-bond donors (Lipinski definition) is 2. The Kier molecular flexibility index (Phi) is 5.57. The molecule has 0 amide bonds. The van der Waals surface area contributed by atoms with E-state index >= 15 is 0 Å². The smallest absolute Gasteiger partial charge is 0.224 e. The Hall–Kier alpha value is -3.39. The van der Waals surface area contributed by atoms with Gasteiger partial charge in [-0.1, -0.05) is 36.4 Å². The van der Waals surface area contributed by atoms with Gasteiger partial charge in [0.25, 0.3) is 0 Å². The lowest BCUT2D eigenvalue weighted by molar-refractivity contribution is 0.853. The molecule has 0 aliphatic heterocycles. The van der Waals surface area contributed by atoms with E-state index in [-0.39, 0.29) is 0 Å². The quantitative estimate of drug-likeness (QED) is 0.637. The summed E-state index contributed by atoms with van der Waals surface area (Å²) in [6.07, 6.45) is 3.74. The molecular weight excluding hydrogens is 310 g/mol. The van der Waals surface area contributed by atoms with Gasteiger partial charge in [-0.05, 0) is 42.7 Å². The first-order valence-electron chi connectivity index (χ1n) is 8.21. The van der Waals surface area contributed by atoms with E-state index in [0.29, 0.717) is 17.3 Å². The van der Waals surface area contributed by atoms with Crippen LogP contribution in [0.25, 0.3) is 0 Å². The molecule has 2 N–H and O–H groups in total. The number of nitrogens with one attached hydrogen (secondary N) is 2. The summed E-state index contributed by atoms with van der Waals surface area (Å²) in [7, 11) is 0. The second-order valence-corrected chi connectivity index (χ2v) is 5.60. The average molecular weight is 329 g/mol. The number of rotatable bonds is 7. The lowest BCUT2D eigenvalue weighted by Crippen LogP contribution is -2.07. The zero-order valence-corrected chi connectivity index (χ0v) is 13.8. The fourth-order valence-electron chi connectivity index (χ4n) is 2.47. The third-order valence-corrected chi connectivity index (χ3v) is 3.69. The third kappa shape index (κ3) is 5.05. The standard InChI is InChI=1S/C20H19N5/c21-15-17-8-4-10-18(14-17)24-19-11-13-23-20(25-19)22-12-5-9-16-6-2-1-3-7-16/h1-4,6-8,10-11,13-14H,5,9,12H2,(H2,22,23,24,25). The fourth-order valence-corrected chi connectivity index (χ4v) is 2.47. The summed E-state index contributed by atoms with van der Waals surface area (Å²) in [5.74, 6) is 1.28. The van der Waals surface area contributed by atoms with Crippen molar-refractivity contribution in [1.82, 2.24) is 9.97 Å². The van der Waals surface area contributed by atoms with E-state index in [1.54, 1.807) is 24.4 Å². The van der Waals surface area contributed by atoms with Crippen LogP contribution in [0.2, 0.25) is 0 Å². The second kappa shape index (κ2) is 8.46. The van der Waals surface area contributed by atoms with Crippen molar-refractivity contribution in [2.24, 2.45) is 0 Å². The maximum atomic E-state index is 8.96. The van der Waals surface area contributed by atoms with Crippen molar-refractivity contribution in [3.8, 4) is 6.07 Å². The predicted molar refractivity (Wildman–Crippen MR) is 99.7 cm³/mol. The van der Waals surface area contributed by atoms with E-state index in [0.717, 1.165) is 25.1 Å². The summed E-state index contributed by atoms with van der Waals surface area (Å²) >= 11 is 0. The van der Waals surface area contributed by atoms with Crippen molar-refractivity contribution in [2.75, 3.05) is 17.2 Å². The molecular formula is C20H19N5. The van der Waals surface area contributed by atoms with Crippen LogP contribution in [0.5, 0.6) is 0 Å². The number of nitriles is 1. The van der Waals surface area contributed by atoms with E-state index in [1.165, 1.54) is 5.56 Å². The molecule has 3 rings (SSSR count). The van der Waals surface area contributed by atoms with Crippen LogP contribution < -0.4 is 10.6 Å². The highest BCUT2D eigenvalue weighted by atomic mass is 15.1. The monoisotopic (exact) mass is 329 g/mol. The maximum absolute atomic E-state index is 8.96. The first kappa shape index (κ1) is 16.5. The van der Waals surface area contributed by atoms with Gasteiger partial charge in [0.1, 0.15) is 5.82 Å².